The summed E-state index contributed by atoms with van der Waals surface area (Å²) in [7, 11) is 0. The lowest BCUT2D eigenvalue weighted by Crippen LogP contribution is -2.04. The molecule has 0 saturated carbocycles. The van der Waals surface area contributed by atoms with Crippen LogP contribution in [0.2, 0.25) is 0 Å². The van der Waals surface area contributed by atoms with Crippen LogP contribution >= 0.6 is 15.9 Å². The van der Waals surface area contributed by atoms with Crippen molar-refractivity contribution in [3.8, 4) is 11.6 Å². The van der Waals surface area contributed by atoms with Crippen molar-refractivity contribution in [2.45, 2.75) is 6.18 Å². The minimum absolute atomic E-state index is 0.206. The molecule has 0 radical (unpaired) electrons. The van der Waals surface area contributed by atoms with Crippen LogP contribution in [0, 0.1) is 0 Å². The Morgan fingerprint density at radius 2 is 1.67 bits per heavy atom. The van der Waals surface area contributed by atoms with Gasteiger partial charge in [0.15, 0.2) is 0 Å². The van der Waals surface area contributed by atoms with Gasteiger partial charge in [-0.25, -0.2) is 9.97 Å². The molecule has 18 heavy (non-hydrogen) atoms. The highest BCUT2D eigenvalue weighted by atomic mass is 79.9. The number of hydrogen-bond acceptors (Lipinski definition) is 3. The van der Waals surface area contributed by atoms with Crippen LogP contribution < -0.4 is 4.74 Å². The van der Waals surface area contributed by atoms with E-state index in [4.69, 9.17) is 4.74 Å². The average molecular weight is 319 g/mol. The zero-order valence-electron chi connectivity index (χ0n) is 8.78. The Balaban J connectivity index is 2.13. The first-order valence-electron chi connectivity index (χ1n) is 4.78. The summed E-state index contributed by atoms with van der Waals surface area (Å²) in [5, 5.41) is 0. The molecular formula is C11H6BrF3N2O. The van der Waals surface area contributed by atoms with Crippen LogP contribution in [0.15, 0.2) is 41.3 Å². The van der Waals surface area contributed by atoms with Gasteiger partial charge in [0.25, 0.3) is 0 Å². The predicted octanol–water partition coefficient (Wildman–Crippen LogP) is 4.05. The van der Waals surface area contributed by atoms with Crippen molar-refractivity contribution in [1.82, 2.24) is 9.97 Å². The first-order valence-corrected chi connectivity index (χ1v) is 5.57. The van der Waals surface area contributed by atoms with Crippen molar-refractivity contribution >= 4 is 15.9 Å². The molecule has 1 heterocycles. The first kappa shape index (κ1) is 12.8. The van der Waals surface area contributed by atoms with Gasteiger partial charge in [-0.05, 0) is 40.2 Å². The number of aromatic nitrogens is 2. The standard InChI is InChI=1S/C11H6BrF3N2O/c12-9-5-17-10(6-16-9)18-8-3-1-7(2-4-8)11(13,14)15/h1-6H. The molecule has 1 aromatic carbocycles. The third-order valence-electron chi connectivity index (χ3n) is 2.00. The van der Waals surface area contributed by atoms with Crippen molar-refractivity contribution in [2.75, 3.05) is 0 Å². The fraction of sp³-hybridized carbons (Fsp3) is 0.0909. The van der Waals surface area contributed by atoms with Gasteiger partial charge in [0.05, 0.1) is 18.0 Å². The monoisotopic (exact) mass is 318 g/mol. The van der Waals surface area contributed by atoms with Gasteiger partial charge in [0.1, 0.15) is 10.4 Å². The second-order valence-corrected chi connectivity index (χ2v) is 4.11. The normalized spacial score (nSPS) is 11.3. The average Bonchev–Trinajstić information content (AvgIpc) is 2.32. The van der Waals surface area contributed by atoms with Crippen LogP contribution in [0.1, 0.15) is 5.56 Å². The fourth-order valence-electron chi connectivity index (χ4n) is 1.19. The Hall–Kier alpha value is -1.63. The highest BCUT2D eigenvalue weighted by Crippen LogP contribution is 2.31. The Kier molecular flexibility index (Phi) is 3.51. The molecule has 0 N–H and O–H groups in total. The van der Waals surface area contributed by atoms with E-state index < -0.39 is 11.7 Å². The van der Waals surface area contributed by atoms with E-state index in [-0.39, 0.29) is 11.6 Å². The van der Waals surface area contributed by atoms with Crippen LogP contribution in [-0.2, 0) is 6.18 Å². The smallest absolute Gasteiger partial charge is 0.416 e. The molecule has 94 valence electrons. The van der Waals surface area contributed by atoms with Gasteiger partial charge in [-0.1, -0.05) is 0 Å². The molecule has 0 unspecified atom stereocenters. The van der Waals surface area contributed by atoms with Gasteiger partial charge < -0.3 is 4.74 Å². The van der Waals surface area contributed by atoms with E-state index in [0.29, 0.717) is 4.60 Å². The summed E-state index contributed by atoms with van der Waals surface area (Å²) in [5.74, 6) is 0.470. The fourth-order valence-corrected chi connectivity index (χ4v) is 1.39. The molecule has 7 heteroatoms. The third-order valence-corrected chi connectivity index (χ3v) is 2.41. The number of nitrogens with zero attached hydrogens (tertiary/aromatic N) is 2. The lowest BCUT2D eigenvalue weighted by Gasteiger charge is -2.08. The molecule has 0 saturated heterocycles. The highest BCUT2D eigenvalue weighted by Gasteiger charge is 2.30. The molecule has 0 aliphatic carbocycles. The molecule has 0 spiro atoms. The second-order valence-electron chi connectivity index (χ2n) is 3.30. The quantitative estimate of drug-likeness (QED) is 0.837. The van der Waals surface area contributed by atoms with E-state index in [1.807, 2.05) is 0 Å². The van der Waals surface area contributed by atoms with Crippen LogP contribution in [0.5, 0.6) is 11.6 Å². The zero-order chi connectivity index (χ0) is 13.2. The Bertz CT molecular complexity index is 525. The molecule has 0 aliphatic rings. The maximum atomic E-state index is 12.3. The Morgan fingerprint density at radius 3 is 2.17 bits per heavy atom. The molecule has 0 fully saturated rings. The summed E-state index contributed by atoms with van der Waals surface area (Å²) < 4.78 is 42.8. The lowest BCUT2D eigenvalue weighted by atomic mass is 10.2. The molecule has 2 aromatic rings. The number of alkyl halides is 3. The largest absolute Gasteiger partial charge is 0.438 e. The highest BCUT2D eigenvalue weighted by molar-refractivity contribution is 9.10. The topological polar surface area (TPSA) is 35.0 Å². The van der Waals surface area contributed by atoms with Crippen LogP contribution in [0.3, 0.4) is 0 Å². The maximum Gasteiger partial charge on any atom is 0.416 e. The molecule has 0 bridgehead atoms. The molecule has 3 nitrogen and oxygen atoms in total. The molecule has 0 aliphatic heterocycles. The van der Waals surface area contributed by atoms with Gasteiger partial charge in [-0.2, -0.15) is 13.2 Å². The Labute approximate surface area is 109 Å². The molecular weight excluding hydrogens is 313 g/mol. The van der Waals surface area contributed by atoms with Crippen LogP contribution in [0.4, 0.5) is 13.2 Å². The summed E-state index contributed by atoms with van der Waals surface area (Å²) in [6, 6.07) is 4.35. The predicted molar refractivity (Wildman–Crippen MR) is 61.3 cm³/mol. The lowest BCUT2D eigenvalue weighted by molar-refractivity contribution is -0.137. The number of rotatable bonds is 2. The summed E-state index contributed by atoms with van der Waals surface area (Å²) >= 11 is 3.11. The van der Waals surface area contributed by atoms with Crippen molar-refractivity contribution in [3.05, 3.63) is 46.8 Å². The van der Waals surface area contributed by atoms with Gasteiger partial charge in [-0.15, -0.1) is 0 Å². The van der Waals surface area contributed by atoms with E-state index in [2.05, 4.69) is 25.9 Å². The number of ether oxygens (including phenoxy) is 1. The first-order chi connectivity index (χ1) is 8.45. The maximum absolute atomic E-state index is 12.3. The minimum atomic E-state index is -4.35. The summed E-state index contributed by atoms with van der Waals surface area (Å²) in [4.78, 5) is 7.77. The molecule has 1 aromatic heterocycles. The number of halogens is 4. The summed E-state index contributed by atoms with van der Waals surface area (Å²) in [5.41, 5.74) is -0.725. The summed E-state index contributed by atoms with van der Waals surface area (Å²) in [6.07, 6.45) is -1.56. The SMILES string of the molecule is FC(F)(F)c1ccc(Oc2cnc(Br)cn2)cc1. The van der Waals surface area contributed by atoms with Crippen molar-refractivity contribution in [1.29, 1.82) is 0 Å². The Morgan fingerprint density at radius 1 is 1.00 bits per heavy atom. The minimum Gasteiger partial charge on any atom is -0.438 e. The number of benzene rings is 1. The number of hydrogen-bond donors (Lipinski definition) is 0. The second kappa shape index (κ2) is 4.93. The van der Waals surface area contributed by atoms with Gasteiger partial charge in [0, 0.05) is 0 Å². The van der Waals surface area contributed by atoms with Crippen molar-refractivity contribution in [2.24, 2.45) is 0 Å². The van der Waals surface area contributed by atoms with E-state index >= 15 is 0 Å². The van der Waals surface area contributed by atoms with Crippen molar-refractivity contribution < 1.29 is 17.9 Å². The van der Waals surface area contributed by atoms with E-state index in [9.17, 15) is 13.2 Å². The van der Waals surface area contributed by atoms with Gasteiger partial charge in [-0.3, -0.25) is 0 Å². The molecule has 0 amide bonds. The third kappa shape index (κ3) is 3.19. The zero-order valence-corrected chi connectivity index (χ0v) is 10.4. The van der Waals surface area contributed by atoms with E-state index in [1.165, 1.54) is 24.5 Å². The molecule has 0 atom stereocenters. The van der Waals surface area contributed by atoms with E-state index in [0.717, 1.165) is 12.1 Å². The summed E-state index contributed by atoms with van der Waals surface area (Å²) in [6.45, 7) is 0. The van der Waals surface area contributed by atoms with Crippen molar-refractivity contribution in [3.63, 3.8) is 0 Å². The van der Waals surface area contributed by atoms with Crippen LogP contribution in [0.25, 0.3) is 0 Å². The van der Waals surface area contributed by atoms with E-state index in [1.54, 1.807) is 0 Å². The van der Waals surface area contributed by atoms with Crippen LogP contribution in [-0.4, -0.2) is 9.97 Å². The molecule has 2 rings (SSSR count). The van der Waals surface area contributed by atoms with Gasteiger partial charge >= 0.3 is 6.18 Å². The van der Waals surface area contributed by atoms with Gasteiger partial charge in [0.2, 0.25) is 5.88 Å².